The van der Waals surface area contributed by atoms with Gasteiger partial charge in [-0.2, -0.15) is 5.10 Å². The Labute approximate surface area is 130 Å². The van der Waals surface area contributed by atoms with Crippen molar-refractivity contribution in [3.05, 3.63) is 47.8 Å². The summed E-state index contributed by atoms with van der Waals surface area (Å²) in [5.41, 5.74) is 2.67. The van der Waals surface area contributed by atoms with Crippen molar-refractivity contribution >= 4 is 11.6 Å². The van der Waals surface area contributed by atoms with E-state index in [0.29, 0.717) is 11.7 Å². The molecule has 1 fully saturated rings. The van der Waals surface area contributed by atoms with Gasteiger partial charge in [-0.3, -0.25) is 9.89 Å². The van der Waals surface area contributed by atoms with Gasteiger partial charge in [0.25, 0.3) is 5.91 Å². The second kappa shape index (κ2) is 6.64. The molecule has 2 aromatic rings. The summed E-state index contributed by atoms with van der Waals surface area (Å²) in [5, 5.41) is 10.6. The molecule has 1 atom stereocenters. The number of amides is 1. The van der Waals surface area contributed by atoms with E-state index >= 15 is 0 Å². The number of likely N-dealkylation sites (tertiary alicyclic amines) is 1. The molecule has 0 saturated carbocycles. The van der Waals surface area contributed by atoms with Gasteiger partial charge in [0, 0.05) is 30.5 Å². The fraction of sp³-hybridized carbons (Fsp3) is 0.412. The summed E-state index contributed by atoms with van der Waals surface area (Å²) in [4.78, 5) is 14.4. The fourth-order valence-electron chi connectivity index (χ4n) is 2.86. The molecule has 0 aliphatic carbocycles. The largest absolute Gasteiger partial charge is 0.380 e. The summed E-state index contributed by atoms with van der Waals surface area (Å²) in [6.45, 7) is 3.62. The number of carbonyl (C=O) groups excluding carboxylic acids is 1. The van der Waals surface area contributed by atoms with Crippen LogP contribution >= 0.6 is 0 Å². The molecule has 1 aliphatic heterocycles. The van der Waals surface area contributed by atoms with E-state index in [1.165, 1.54) is 0 Å². The Hall–Kier alpha value is -2.30. The molecule has 116 valence electrons. The molecule has 5 nitrogen and oxygen atoms in total. The van der Waals surface area contributed by atoms with Gasteiger partial charge in [-0.15, -0.1) is 0 Å². The van der Waals surface area contributed by atoms with Crippen LogP contribution in [0.25, 0.3) is 0 Å². The number of para-hydroxylation sites is 1. The highest BCUT2D eigenvalue weighted by atomic mass is 16.2. The van der Waals surface area contributed by atoms with E-state index in [0.717, 1.165) is 43.7 Å². The number of aromatic amines is 1. The van der Waals surface area contributed by atoms with Crippen molar-refractivity contribution in [2.24, 2.45) is 0 Å². The number of carbonyl (C=O) groups is 1. The van der Waals surface area contributed by atoms with Gasteiger partial charge in [0.15, 0.2) is 0 Å². The van der Waals surface area contributed by atoms with Gasteiger partial charge in [-0.05, 0) is 31.0 Å². The molecule has 0 bridgehead atoms. The number of H-pyrrole nitrogens is 1. The first-order valence-electron chi connectivity index (χ1n) is 7.91. The molecule has 0 spiro atoms. The van der Waals surface area contributed by atoms with Crippen LogP contribution in [0.1, 0.15) is 35.9 Å². The number of hydrogen-bond acceptors (Lipinski definition) is 3. The molecule has 3 rings (SSSR count). The molecule has 1 aliphatic rings. The summed E-state index contributed by atoms with van der Waals surface area (Å²) >= 11 is 0. The Bertz CT molecular complexity index is 623. The molecule has 2 N–H and O–H groups in total. The third-order valence-electron chi connectivity index (χ3n) is 3.99. The topological polar surface area (TPSA) is 61.0 Å². The molecule has 2 heterocycles. The number of rotatable bonds is 5. The number of anilines is 1. The SMILES string of the molecule is CCCc1cc(C(=O)N2CCC(Nc3ccccc3)C2)n[nH]1. The van der Waals surface area contributed by atoms with Crippen molar-refractivity contribution < 1.29 is 4.79 Å². The van der Waals surface area contributed by atoms with Crippen LogP contribution in [0.3, 0.4) is 0 Å². The third-order valence-corrected chi connectivity index (χ3v) is 3.99. The van der Waals surface area contributed by atoms with Crippen LogP contribution in [-0.2, 0) is 6.42 Å². The summed E-state index contributed by atoms with van der Waals surface area (Å²) in [6.07, 6.45) is 2.94. The third kappa shape index (κ3) is 3.30. The highest BCUT2D eigenvalue weighted by molar-refractivity contribution is 5.92. The minimum Gasteiger partial charge on any atom is -0.380 e. The van der Waals surface area contributed by atoms with Crippen LogP contribution in [0.5, 0.6) is 0 Å². The van der Waals surface area contributed by atoms with Crippen LogP contribution in [-0.4, -0.2) is 40.1 Å². The zero-order valence-electron chi connectivity index (χ0n) is 12.9. The monoisotopic (exact) mass is 298 g/mol. The van der Waals surface area contributed by atoms with Gasteiger partial charge in [-0.1, -0.05) is 31.5 Å². The van der Waals surface area contributed by atoms with Crippen LogP contribution in [0.4, 0.5) is 5.69 Å². The second-order valence-corrected chi connectivity index (χ2v) is 5.78. The standard InChI is InChI=1S/C17H22N4O/c1-2-6-14-11-16(20-19-14)17(22)21-10-9-15(12-21)18-13-7-4-3-5-8-13/h3-5,7-8,11,15,18H,2,6,9-10,12H2,1H3,(H,19,20). The Kier molecular flexibility index (Phi) is 4.42. The number of nitrogens with one attached hydrogen (secondary N) is 2. The maximum atomic E-state index is 12.5. The lowest BCUT2D eigenvalue weighted by Crippen LogP contribution is -2.31. The molecule has 1 unspecified atom stereocenters. The lowest BCUT2D eigenvalue weighted by Gasteiger charge is -2.16. The zero-order chi connectivity index (χ0) is 15.4. The Balaban J connectivity index is 1.58. The minimum absolute atomic E-state index is 0.0240. The summed E-state index contributed by atoms with van der Waals surface area (Å²) in [6, 6.07) is 12.3. The van der Waals surface area contributed by atoms with Gasteiger partial charge < -0.3 is 10.2 Å². The van der Waals surface area contributed by atoms with E-state index in [4.69, 9.17) is 0 Å². The van der Waals surface area contributed by atoms with Gasteiger partial charge in [-0.25, -0.2) is 0 Å². The first kappa shape index (κ1) is 14.6. The van der Waals surface area contributed by atoms with Crippen LogP contribution in [0, 0.1) is 0 Å². The van der Waals surface area contributed by atoms with E-state index < -0.39 is 0 Å². The van der Waals surface area contributed by atoms with Crippen LogP contribution in [0.15, 0.2) is 36.4 Å². The van der Waals surface area contributed by atoms with Crippen molar-refractivity contribution in [3.8, 4) is 0 Å². The van der Waals surface area contributed by atoms with Gasteiger partial charge >= 0.3 is 0 Å². The summed E-state index contributed by atoms with van der Waals surface area (Å²) < 4.78 is 0. The maximum Gasteiger partial charge on any atom is 0.274 e. The van der Waals surface area contributed by atoms with Crippen molar-refractivity contribution in [2.45, 2.75) is 32.2 Å². The Morgan fingerprint density at radius 1 is 1.41 bits per heavy atom. The van der Waals surface area contributed by atoms with Gasteiger partial charge in [0.1, 0.15) is 5.69 Å². The Morgan fingerprint density at radius 3 is 3.00 bits per heavy atom. The molecular weight excluding hydrogens is 276 g/mol. The number of benzene rings is 1. The molecule has 22 heavy (non-hydrogen) atoms. The summed E-state index contributed by atoms with van der Waals surface area (Å²) in [7, 11) is 0. The fourth-order valence-corrected chi connectivity index (χ4v) is 2.86. The molecule has 1 saturated heterocycles. The van der Waals surface area contributed by atoms with Crippen LogP contribution < -0.4 is 5.32 Å². The average molecular weight is 298 g/mol. The first-order valence-corrected chi connectivity index (χ1v) is 7.91. The quantitative estimate of drug-likeness (QED) is 0.892. The van der Waals surface area contributed by atoms with Crippen molar-refractivity contribution in [1.82, 2.24) is 15.1 Å². The van der Waals surface area contributed by atoms with E-state index in [1.54, 1.807) is 0 Å². The number of aromatic nitrogens is 2. The normalized spacial score (nSPS) is 17.7. The first-order chi connectivity index (χ1) is 10.8. The van der Waals surface area contributed by atoms with Gasteiger partial charge in [0.2, 0.25) is 0 Å². The van der Waals surface area contributed by atoms with E-state index in [-0.39, 0.29) is 5.91 Å². The second-order valence-electron chi connectivity index (χ2n) is 5.78. The van der Waals surface area contributed by atoms with E-state index in [1.807, 2.05) is 29.2 Å². The number of nitrogens with zero attached hydrogens (tertiary/aromatic N) is 2. The highest BCUT2D eigenvalue weighted by Crippen LogP contribution is 2.17. The van der Waals surface area contributed by atoms with Crippen molar-refractivity contribution in [1.29, 1.82) is 0 Å². The summed E-state index contributed by atoms with van der Waals surface area (Å²) in [5.74, 6) is 0.0240. The zero-order valence-corrected chi connectivity index (χ0v) is 12.9. The molecule has 5 heteroatoms. The smallest absolute Gasteiger partial charge is 0.274 e. The molecule has 1 amide bonds. The molecular formula is C17H22N4O. The minimum atomic E-state index is 0.0240. The maximum absolute atomic E-state index is 12.5. The van der Waals surface area contributed by atoms with Crippen molar-refractivity contribution in [2.75, 3.05) is 18.4 Å². The molecule has 0 radical (unpaired) electrons. The van der Waals surface area contributed by atoms with E-state index in [9.17, 15) is 4.79 Å². The van der Waals surface area contributed by atoms with Gasteiger partial charge in [0.05, 0.1) is 0 Å². The molecule has 1 aromatic carbocycles. The lowest BCUT2D eigenvalue weighted by molar-refractivity contribution is 0.0786. The van der Waals surface area contributed by atoms with Crippen molar-refractivity contribution in [3.63, 3.8) is 0 Å². The van der Waals surface area contributed by atoms with E-state index in [2.05, 4.69) is 34.6 Å². The predicted molar refractivity (Wildman–Crippen MR) is 87.0 cm³/mol. The molecule has 1 aromatic heterocycles. The lowest BCUT2D eigenvalue weighted by atomic mass is 10.2. The highest BCUT2D eigenvalue weighted by Gasteiger charge is 2.28. The van der Waals surface area contributed by atoms with Crippen LogP contribution in [0.2, 0.25) is 0 Å². The number of aryl methyl sites for hydroxylation is 1. The average Bonchev–Trinajstić information content (AvgIpc) is 3.18. The Morgan fingerprint density at radius 2 is 2.23 bits per heavy atom. The number of hydrogen-bond donors (Lipinski definition) is 2. The predicted octanol–water partition coefficient (Wildman–Crippen LogP) is 2.69.